The van der Waals surface area contributed by atoms with Crippen molar-refractivity contribution in [3.63, 3.8) is 0 Å². The summed E-state index contributed by atoms with van der Waals surface area (Å²) in [5.41, 5.74) is 7.64. The number of hydrogen-bond donors (Lipinski definition) is 1. The number of aromatic nitrogens is 4. The molecule has 2 rings (SSSR count). The molecule has 0 unspecified atom stereocenters. The highest BCUT2D eigenvalue weighted by molar-refractivity contribution is 5.62. The lowest BCUT2D eigenvalue weighted by Crippen LogP contribution is -2.19. The van der Waals surface area contributed by atoms with Gasteiger partial charge in [0, 0.05) is 29.9 Å². The molecule has 2 heterocycles. The van der Waals surface area contributed by atoms with Gasteiger partial charge in [0.1, 0.15) is 17.3 Å². The van der Waals surface area contributed by atoms with Crippen molar-refractivity contribution in [2.75, 3.05) is 5.73 Å². The van der Waals surface area contributed by atoms with Crippen LogP contribution in [0.25, 0.3) is 11.5 Å². The monoisotopic (exact) mass is 273 g/mol. The average Bonchev–Trinajstić information content (AvgIpc) is 2.80. The van der Waals surface area contributed by atoms with Crippen LogP contribution in [0.1, 0.15) is 45.5 Å². The Balaban J connectivity index is 2.61. The number of nitrogen functional groups attached to an aromatic ring is 1. The summed E-state index contributed by atoms with van der Waals surface area (Å²) in [7, 11) is 0. The maximum Gasteiger partial charge on any atom is 0.159 e. The lowest BCUT2D eigenvalue weighted by atomic mass is 9.95. The molecule has 0 saturated carbocycles. The van der Waals surface area contributed by atoms with Gasteiger partial charge in [-0.15, -0.1) is 0 Å². The molecule has 5 nitrogen and oxygen atoms in total. The molecule has 0 fully saturated rings. The van der Waals surface area contributed by atoms with Gasteiger partial charge in [-0.05, 0) is 13.3 Å². The number of aryl methyl sites for hydroxylation is 1. The van der Waals surface area contributed by atoms with Gasteiger partial charge in [0.25, 0.3) is 0 Å². The van der Waals surface area contributed by atoms with Crippen molar-refractivity contribution in [1.29, 1.82) is 0 Å². The number of anilines is 1. The highest BCUT2D eigenvalue weighted by Gasteiger charge is 2.22. The molecular weight excluding hydrogens is 250 g/mol. The van der Waals surface area contributed by atoms with Crippen molar-refractivity contribution in [1.82, 2.24) is 19.5 Å². The molecule has 0 saturated heterocycles. The van der Waals surface area contributed by atoms with Gasteiger partial charge >= 0.3 is 0 Å². The molecule has 5 heteroatoms. The van der Waals surface area contributed by atoms with E-state index in [9.17, 15) is 0 Å². The Kier molecular flexibility index (Phi) is 3.79. The van der Waals surface area contributed by atoms with Gasteiger partial charge in [-0.25, -0.2) is 15.0 Å². The van der Waals surface area contributed by atoms with Gasteiger partial charge in [-0.1, -0.05) is 27.7 Å². The highest BCUT2D eigenvalue weighted by atomic mass is 15.1. The number of nitrogens with zero attached hydrogens (tertiary/aromatic N) is 4. The molecule has 0 aliphatic rings. The summed E-state index contributed by atoms with van der Waals surface area (Å²) in [5, 5.41) is 0. The van der Waals surface area contributed by atoms with Crippen LogP contribution in [0.3, 0.4) is 0 Å². The van der Waals surface area contributed by atoms with Crippen LogP contribution >= 0.6 is 0 Å². The Morgan fingerprint density at radius 2 is 1.95 bits per heavy atom. The molecule has 2 aromatic heterocycles. The van der Waals surface area contributed by atoms with Crippen molar-refractivity contribution < 1.29 is 0 Å². The second-order valence-corrected chi connectivity index (χ2v) is 6.10. The van der Waals surface area contributed by atoms with E-state index >= 15 is 0 Å². The van der Waals surface area contributed by atoms with E-state index in [-0.39, 0.29) is 5.41 Å². The molecule has 0 bridgehead atoms. The molecule has 0 aromatic carbocycles. The third-order valence-electron chi connectivity index (χ3n) is 3.25. The number of rotatable bonds is 3. The summed E-state index contributed by atoms with van der Waals surface area (Å²) in [6.07, 6.45) is 4.84. The minimum Gasteiger partial charge on any atom is -0.383 e. The van der Waals surface area contributed by atoms with Crippen LogP contribution < -0.4 is 5.73 Å². The predicted octanol–water partition coefficient (Wildman–Crippen LogP) is 2.94. The molecule has 0 amide bonds. The van der Waals surface area contributed by atoms with Crippen molar-refractivity contribution in [3.05, 3.63) is 23.8 Å². The van der Waals surface area contributed by atoms with Crippen LogP contribution in [0.4, 0.5) is 5.82 Å². The second kappa shape index (κ2) is 5.23. The van der Waals surface area contributed by atoms with E-state index in [0.717, 1.165) is 35.9 Å². The molecule has 2 N–H and O–H groups in total. The summed E-state index contributed by atoms with van der Waals surface area (Å²) in [6.45, 7) is 11.3. The zero-order valence-corrected chi connectivity index (χ0v) is 12.9. The van der Waals surface area contributed by atoms with E-state index in [2.05, 4.69) is 42.2 Å². The first-order valence-electron chi connectivity index (χ1n) is 7.00. The summed E-state index contributed by atoms with van der Waals surface area (Å²) >= 11 is 0. The fourth-order valence-electron chi connectivity index (χ4n) is 2.03. The zero-order chi connectivity index (χ0) is 14.9. The van der Waals surface area contributed by atoms with Crippen LogP contribution in [0.15, 0.2) is 12.4 Å². The minimum absolute atomic E-state index is 0.140. The van der Waals surface area contributed by atoms with Gasteiger partial charge < -0.3 is 10.3 Å². The molecule has 20 heavy (non-hydrogen) atoms. The van der Waals surface area contributed by atoms with Crippen LogP contribution in [0, 0.1) is 6.92 Å². The van der Waals surface area contributed by atoms with Crippen LogP contribution in [0.2, 0.25) is 0 Å². The van der Waals surface area contributed by atoms with E-state index in [1.54, 1.807) is 6.20 Å². The van der Waals surface area contributed by atoms with Crippen LogP contribution in [0.5, 0.6) is 0 Å². The van der Waals surface area contributed by atoms with E-state index in [0.29, 0.717) is 5.82 Å². The molecule has 0 atom stereocenters. The summed E-state index contributed by atoms with van der Waals surface area (Å²) < 4.78 is 2.11. The van der Waals surface area contributed by atoms with E-state index in [1.807, 2.05) is 13.1 Å². The standard InChI is InChI=1S/C15H23N5/c1-6-8-20-9-7-17-13(20)11-10(2)12(16)19-14(18-11)15(3,4)5/h7,9H,6,8H2,1-5H3,(H2,16,18,19). The number of hydrogen-bond acceptors (Lipinski definition) is 4. The highest BCUT2D eigenvalue weighted by Crippen LogP contribution is 2.27. The van der Waals surface area contributed by atoms with E-state index in [1.165, 1.54) is 0 Å². The zero-order valence-electron chi connectivity index (χ0n) is 12.9. The van der Waals surface area contributed by atoms with Gasteiger partial charge in [0.2, 0.25) is 0 Å². The third-order valence-corrected chi connectivity index (χ3v) is 3.25. The predicted molar refractivity (Wildman–Crippen MR) is 81.4 cm³/mol. The topological polar surface area (TPSA) is 69.6 Å². The molecule has 0 aliphatic heterocycles. The fourth-order valence-corrected chi connectivity index (χ4v) is 2.03. The van der Waals surface area contributed by atoms with E-state index in [4.69, 9.17) is 10.7 Å². The van der Waals surface area contributed by atoms with Gasteiger partial charge in [0.05, 0.1) is 0 Å². The van der Waals surface area contributed by atoms with E-state index < -0.39 is 0 Å². The van der Waals surface area contributed by atoms with Crippen molar-refractivity contribution >= 4 is 5.82 Å². The first-order valence-corrected chi connectivity index (χ1v) is 7.00. The molecule has 2 aromatic rings. The Hall–Kier alpha value is -1.91. The molecular formula is C15H23N5. The van der Waals surface area contributed by atoms with Crippen LogP contribution in [-0.4, -0.2) is 19.5 Å². The maximum absolute atomic E-state index is 6.06. The first kappa shape index (κ1) is 14.5. The van der Waals surface area contributed by atoms with Gasteiger partial charge in [-0.2, -0.15) is 0 Å². The summed E-state index contributed by atoms with van der Waals surface area (Å²) in [5.74, 6) is 2.15. The maximum atomic E-state index is 6.06. The Morgan fingerprint density at radius 3 is 2.55 bits per heavy atom. The summed E-state index contributed by atoms with van der Waals surface area (Å²) in [4.78, 5) is 13.6. The number of nitrogens with two attached hydrogens (primary N) is 1. The average molecular weight is 273 g/mol. The normalized spacial score (nSPS) is 11.8. The van der Waals surface area contributed by atoms with Crippen molar-refractivity contribution in [3.8, 4) is 11.5 Å². The fraction of sp³-hybridized carbons (Fsp3) is 0.533. The summed E-state index contributed by atoms with van der Waals surface area (Å²) in [6, 6.07) is 0. The largest absolute Gasteiger partial charge is 0.383 e. The van der Waals surface area contributed by atoms with Crippen LogP contribution in [-0.2, 0) is 12.0 Å². The van der Waals surface area contributed by atoms with Gasteiger partial charge in [0.15, 0.2) is 5.82 Å². The van der Waals surface area contributed by atoms with Crippen molar-refractivity contribution in [2.45, 2.75) is 53.0 Å². The number of imidazole rings is 1. The second-order valence-electron chi connectivity index (χ2n) is 6.10. The third kappa shape index (κ3) is 2.66. The molecule has 108 valence electrons. The molecule has 0 radical (unpaired) electrons. The lowest BCUT2D eigenvalue weighted by molar-refractivity contribution is 0.545. The minimum atomic E-state index is -0.140. The molecule has 0 spiro atoms. The first-order chi connectivity index (χ1) is 9.34. The Labute approximate surface area is 120 Å². The lowest BCUT2D eigenvalue weighted by Gasteiger charge is -2.19. The van der Waals surface area contributed by atoms with Gasteiger partial charge in [-0.3, -0.25) is 0 Å². The molecule has 0 aliphatic carbocycles. The quantitative estimate of drug-likeness (QED) is 0.933. The Bertz CT molecular complexity index is 607. The Morgan fingerprint density at radius 1 is 1.25 bits per heavy atom. The SMILES string of the molecule is CCCn1ccnc1-c1nc(C(C)(C)C)nc(N)c1C. The van der Waals surface area contributed by atoms with Crippen molar-refractivity contribution in [2.24, 2.45) is 0 Å². The smallest absolute Gasteiger partial charge is 0.159 e.